The van der Waals surface area contributed by atoms with Gasteiger partial charge in [0.05, 0.1) is 0 Å². The molecule has 0 atom stereocenters. The van der Waals surface area contributed by atoms with Gasteiger partial charge in [-0.1, -0.05) is 76.0 Å². The Kier molecular flexibility index (Phi) is 6.95. The number of halogens is 5. The Labute approximate surface area is 183 Å². The maximum Gasteiger partial charge on any atom is 0.0454 e. The van der Waals surface area contributed by atoms with E-state index < -0.39 is 0 Å². The first-order chi connectivity index (χ1) is 11.9. The third-order valence-corrected chi connectivity index (χ3v) is 7.37. The SMILES string of the molecule is Clc1cc(Cl)cc(Sc2cccc(Sc3cc(Cl)cc(Cl)c3)c2Br)c1. The fourth-order valence-electron chi connectivity index (χ4n) is 2.08. The molecule has 128 valence electrons. The van der Waals surface area contributed by atoms with E-state index in [4.69, 9.17) is 46.4 Å². The maximum absolute atomic E-state index is 6.09. The number of hydrogen-bond donors (Lipinski definition) is 0. The Morgan fingerprint density at radius 3 is 1.32 bits per heavy atom. The van der Waals surface area contributed by atoms with Gasteiger partial charge in [-0.2, -0.15) is 0 Å². The molecule has 0 saturated carbocycles. The summed E-state index contributed by atoms with van der Waals surface area (Å²) in [5.41, 5.74) is 0. The van der Waals surface area contributed by atoms with Crippen molar-refractivity contribution in [2.45, 2.75) is 19.6 Å². The van der Waals surface area contributed by atoms with Gasteiger partial charge < -0.3 is 0 Å². The number of rotatable bonds is 4. The van der Waals surface area contributed by atoms with Crippen molar-refractivity contribution in [1.82, 2.24) is 0 Å². The molecule has 7 heteroatoms. The minimum absolute atomic E-state index is 0.616. The highest BCUT2D eigenvalue weighted by atomic mass is 79.9. The second-order valence-electron chi connectivity index (χ2n) is 4.98. The van der Waals surface area contributed by atoms with Gasteiger partial charge in [-0.05, 0) is 64.5 Å². The van der Waals surface area contributed by atoms with Crippen LogP contribution < -0.4 is 0 Å². The molecular formula is C18H9BrCl4S2. The van der Waals surface area contributed by atoms with E-state index in [1.165, 1.54) is 0 Å². The van der Waals surface area contributed by atoms with Gasteiger partial charge in [-0.25, -0.2) is 0 Å². The van der Waals surface area contributed by atoms with Crippen LogP contribution in [0.2, 0.25) is 20.1 Å². The summed E-state index contributed by atoms with van der Waals surface area (Å²) in [5.74, 6) is 0. The van der Waals surface area contributed by atoms with E-state index in [0.717, 1.165) is 24.1 Å². The van der Waals surface area contributed by atoms with Crippen LogP contribution in [-0.4, -0.2) is 0 Å². The van der Waals surface area contributed by atoms with E-state index >= 15 is 0 Å². The first-order valence-corrected chi connectivity index (χ1v) is 10.9. The molecule has 3 aromatic rings. The summed E-state index contributed by atoms with van der Waals surface area (Å²) in [6.45, 7) is 0. The Morgan fingerprint density at radius 2 is 0.960 bits per heavy atom. The van der Waals surface area contributed by atoms with Crippen molar-refractivity contribution in [2.75, 3.05) is 0 Å². The molecule has 0 aromatic heterocycles. The van der Waals surface area contributed by atoms with Crippen molar-refractivity contribution >= 4 is 85.9 Å². The highest BCUT2D eigenvalue weighted by Crippen LogP contribution is 2.42. The molecule has 0 saturated heterocycles. The van der Waals surface area contributed by atoms with Crippen LogP contribution in [0, 0.1) is 0 Å². The molecule has 0 amide bonds. The summed E-state index contributed by atoms with van der Waals surface area (Å²) in [4.78, 5) is 4.09. The molecule has 0 N–H and O–H groups in total. The molecule has 0 nitrogen and oxygen atoms in total. The molecule has 0 fully saturated rings. The minimum Gasteiger partial charge on any atom is -0.0888 e. The van der Waals surface area contributed by atoms with Gasteiger partial charge >= 0.3 is 0 Å². The lowest BCUT2D eigenvalue weighted by Gasteiger charge is -2.10. The zero-order chi connectivity index (χ0) is 18.0. The Hall–Kier alpha value is -0.000000000000000222. The summed E-state index contributed by atoms with van der Waals surface area (Å²) >= 11 is 31.2. The van der Waals surface area contributed by atoms with Crippen LogP contribution in [0.15, 0.2) is 78.7 Å². The topological polar surface area (TPSA) is 0 Å². The van der Waals surface area contributed by atoms with E-state index in [1.807, 2.05) is 42.5 Å². The van der Waals surface area contributed by atoms with Gasteiger partial charge in [0.15, 0.2) is 0 Å². The fourth-order valence-corrected chi connectivity index (χ4v) is 6.15. The Morgan fingerprint density at radius 1 is 0.600 bits per heavy atom. The Bertz CT molecular complexity index is 819. The van der Waals surface area contributed by atoms with E-state index in [0.29, 0.717) is 20.1 Å². The van der Waals surface area contributed by atoms with Gasteiger partial charge in [0.2, 0.25) is 0 Å². The quantitative estimate of drug-likeness (QED) is 0.343. The summed E-state index contributed by atoms with van der Waals surface area (Å²) in [5, 5.41) is 2.46. The van der Waals surface area contributed by atoms with E-state index in [-0.39, 0.29) is 0 Å². The van der Waals surface area contributed by atoms with Crippen molar-refractivity contribution in [1.29, 1.82) is 0 Å². The van der Waals surface area contributed by atoms with Crippen LogP contribution in [0.3, 0.4) is 0 Å². The zero-order valence-electron chi connectivity index (χ0n) is 12.4. The van der Waals surface area contributed by atoms with Crippen molar-refractivity contribution in [2.24, 2.45) is 0 Å². The molecule has 0 heterocycles. The van der Waals surface area contributed by atoms with E-state index in [2.05, 4.69) is 15.9 Å². The molecule has 0 unspecified atom stereocenters. The summed E-state index contributed by atoms with van der Waals surface area (Å²) in [6.07, 6.45) is 0. The van der Waals surface area contributed by atoms with Crippen molar-refractivity contribution in [3.05, 3.63) is 79.2 Å². The van der Waals surface area contributed by atoms with Crippen LogP contribution in [0.1, 0.15) is 0 Å². The highest BCUT2D eigenvalue weighted by molar-refractivity contribution is 9.10. The lowest BCUT2D eigenvalue weighted by atomic mass is 10.3. The molecule has 0 aliphatic rings. The van der Waals surface area contributed by atoms with Gasteiger partial charge in [-0.15, -0.1) is 0 Å². The second kappa shape index (κ2) is 8.79. The van der Waals surface area contributed by atoms with Crippen LogP contribution in [0.25, 0.3) is 0 Å². The summed E-state index contributed by atoms with van der Waals surface area (Å²) in [7, 11) is 0. The largest absolute Gasteiger partial charge is 0.0888 e. The molecule has 0 bridgehead atoms. The lowest BCUT2D eigenvalue weighted by molar-refractivity contribution is 1.26. The van der Waals surface area contributed by atoms with Crippen molar-refractivity contribution in [3.8, 4) is 0 Å². The predicted molar refractivity (Wildman–Crippen MR) is 115 cm³/mol. The van der Waals surface area contributed by atoms with Crippen LogP contribution in [-0.2, 0) is 0 Å². The van der Waals surface area contributed by atoms with Crippen LogP contribution in [0.4, 0.5) is 0 Å². The molecule has 0 aliphatic carbocycles. The standard InChI is InChI=1S/C18H9BrCl4S2/c19-18-16(24-14-6-10(20)4-11(21)7-14)2-1-3-17(18)25-15-8-12(22)5-13(23)9-15/h1-9H. The lowest BCUT2D eigenvalue weighted by Crippen LogP contribution is -1.82. The molecular weight excluding hydrogens is 502 g/mol. The van der Waals surface area contributed by atoms with Crippen LogP contribution >= 0.6 is 85.9 Å². The molecule has 0 spiro atoms. The molecule has 0 radical (unpaired) electrons. The van der Waals surface area contributed by atoms with Gasteiger partial charge in [0, 0.05) is 44.1 Å². The van der Waals surface area contributed by atoms with Gasteiger partial charge in [0.25, 0.3) is 0 Å². The molecule has 0 aliphatic heterocycles. The second-order valence-corrected chi connectivity index (χ2v) is 9.75. The van der Waals surface area contributed by atoms with Gasteiger partial charge in [0.1, 0.15) is 0 Å². The molecule has 25 heavy (non-hydrogen) atoms. The first-order valence-electron chi connectivity index (χ1n) is 6.97. The zero-order valence-corrected chi connectivity index (χ0v) is 18.6. The van der Waals surface area contributed by atoms with Crippen molar-refractivity contribution in [3.63, 3.8) is 0 Å². The molecule has 3 rings (SSSR count). The van der Waals surface area contributed by atoms with Crippen molar-refractivity contribution < 1.29 is 0 Å². The fraction of sp³-hybridized carbons (Fsp3) is 0. The van der Waals surface area contributed by atoms with Crippen LogP contribution in [0.5, 0.6) is 0 Å². The maximum atomic E-state index is 6.09. The number of benzene rings is 3. The van der Waals surface area contributed by atoms with E-state index in [9.17, 15) is 0 Å². The number of hydrogen-bond acceptors (Lipinski definition) is 2. The van der Waals surface area contributed by atoms with Gasteiger partial charge in [-0.3, -0.25) is 0 Å². The highest BCUT2D eigenvalue weighted by Gasteiger charge is 2.10. The smallest absolute Gasteiger partial charge is 0.0454 e. The predicted octanol–water partition coefficient (Wildman–Crippen LogP) is 9.37. The average Bonchev–Trinajstić information content (AvgIpc) is 2.49. The third-order valence-electron chi connectivity index (χ3n) is 3.06. The monoisotopic (exact) mass is 508 g/mol. The summed E-state index contributed by atoms with van der Waals surface area (Å²) in [6, 6.07) is 17.1. The average molecular weight is 511 g/mol. The molecule has 3 aromatic carbocycles. The Balaban J connectivity index is 1.89. The minimum atomic E-state index is 0.616. The summed E-state index contributed by atoms with van der Waals surface area (Å²) < 4.78 is 0.997. The normalized spacial score (nSPS) is 10.9. The first kappa shape index (κ1) is 19.8. The van der Waals surface area contributed by atoms with E-state index in [1.54, 1.807) is 35.7 Å². The third kappa shape index (κ3) is 5.49.